The van der Waals surface area contributed by atoms with E-state index in [-0.39, 0.29) is 23.2 Å². The van der Waals surface area contributed by atoms with E-state index in [4.69, 9.17) is 0 Å². The number of carbonyl (C=O) groups is 1. The minimum Gasteiger partial charge on any atom is -0.366 e. The second kappa shape index (κ2) is 10.1. The molecule has 1 aromatic carbocycles. The van der Waals surface area contributed by atoms with Crippen LogP contribution in [0.25, 0.3) is 5.57 Å². The number of halogens is 1. The molecule has 1 aliphatic heterocycles. The minimum atomic E-state index is -0.277. The van der Waals surface area contributed by atoms with E-state index in [0.717, 1.165) is 22.6 Å². The Kier molecular flexibility index (Phi) is 7.99. The van der Waals surface area contributed by atoms with Crippen molar-refractivity contribution in [3.8, 4) is 0 Å². The van der Waals surface area contributed by atoms with Gasteiger partial charge in [-0.2, -0.15) is 0 Å². The molecule has 0 atom stereocenters. The molecule has 0 spiro atoms. The number of nitrogens with zero attached hydrogens (tertiary/aromatic N) is 3. The van der Waals surface area contributed by atoms with E-state index in [0.29, 0.717) is 25.2 Å². The summed E-state index contributed by atoms with van der Waals surface area (Å²) in [4.78, 5) is 21.3. The average molecular weight is 426 g/mol. The standard InChI is InChI=1S/C26H36FN3O/c1-9-21(22-13-11-12-14-23(22)27)24(19(5)28-10-2)20(6)30-16-15-29(17-26(30,7)8)25(31)18(3)4/h9-14,18H,2,15-17H2,1,3-8H3/b21-9-,24-20-,28-19?. The maximum Gasteiger partial charge on any atom is 0.225 e. The maximum atomic E-state index is 14.7. The van der Waals surface area contributed by atoms with E-state index < -0.39 is 0 Å². The van der Waals surface area contributed by atoms with Crippen molar-refractivity contribution in [2.75, 3.05) is 19.6 Å². The first-order chi connectivity index (χ1) is 14.5. The second-order valence-corrected chi connectivity index (χ2v) is 8.92. The molecule has 1 heterocycles. The summed E-state index contributed by atoms with van der Waals surface area (Å²) < 4.78 is 14.7. The van der Waals surface area contributed by atoms with Crippen LogP contribution in [0.3, 0.4) is 0 Å². The van der Waals surface area contributed by atoms with Crippen LogP contribution in [0.1, 0.15) is 54.0 Å². The zero-order valence-electron chi connectivity index (χ0n) is 20.0. The first kappa shape index (κ1) is 24.6. The molecule has 1 aromatic rings. The molecule has 0 unspecified atom stereocenters. The fourth-order valence-corrected chi connectivity index (χ4v) is 4.43. The zero-order chi connectivity index (χ0) is 23.3. The summed E-state index contributed by atoms with van der Waals surface area (Å²) in [5.74, 6) is -0.106. The van der Waals surface area contributed by atoms with Gasteiger partial charge in [0.05, 0.1) is 5.54 Å². The van der Waals surface area contributed by atoms with E-state index in [1.165, 1.54) is 12.3 Å². The van der Waals surface area contributed by atoms with Crippen molar-refractivity contribution in [3.63, 3.8) is 0 Å². The summed E-state index contributed by atoms with van der Waals surface area (Å²) in [6.07, 6.45) is 3.45. The Morgan fingerprint density at radius 1 is 1.23 bits per heavy atom. The molecule has 168 valence electrons. The number of allylic oxidation sites excluding steroid dienone is 4. The summed E-state index contributed by atoms with van der Waals surface area (Å²) in [7, 11) is 0. The lowest BCUT2D eigenvalue weighted by molar-refractivity contribution is -0.138. The molecule has 31 heavy (non-hydrogen) atoms. The van der Waals surface area contributed by atoms with Gasteiger partial charge in [-0.3, -0.25) is 9.79 Å². The van der Waals surface area contributed by atoms with Crippen LogP contribution < -0.4 is 0 Å². The third kappa shape index (κ3) is 5.33. The second-order valence-electron chi connectivity index (χ2n) is 8.92. The van der Waals surface area contributed by atoms with E-state index >= 15 is 0 Å². The van der Waals surface area contributed by atoms with Crippen molar-refractivity contribution in [2.45, 2.75) is 54.0 Å². The molecule has 5 heteroatoms. The van der Waals surface area contributed by atoms with Gasteiger partial charge in [-0.15, -0.1) is 0 Å². The highest BCUT2D eigenvalue weighted by Crippen LogP contribution is 2.34. The summed E-state index contributed by atoms with van der Waals surface area (Å²) in [5.41, 5.74) is 3.76. The van der Waals surface area contributed by atoms with Crippen molar-refractivity contribution in [3.05, 3.63) is 65.8 Å². The third-order valence-electron chi connectivity index (χ3n) is 5.84. The molecule has 0 aliphatic carbocycles. The first-order valence-corrected chi connectivity index (χ1v) is 10.9. The quantitative estimate of drug-likeness (QED) is 0.434. The normalized spacial score (nSPS) is 18.2. The Hall–Kier alpha value is -2.69. The van der Waals surface area contributed by atoms with Crippen LogP contribution in [0.5, 0.6) is 0 Å². The Labute approximate surface area is 186 Å². The maximum absolute atomic E-state index is 14.7. The summed E-state index contributed by atoms with van der Waals surface area (Å²) in [6, 6.07) is 6.81. The van der Waals surface area contributed by atoms with Crippen molar-refractivity contribution < 1.29 is 9.18 Å². The molecule has 1 aliphatic rings. The lowest BCUT2D eigenvalue weighted by Crippen LogP contribution is -2.60. The van der Waals surface area contributed by atoms with Gasteiger partial charge < -0.3 is 9.80 Å². The highest BCUT2D eigenvalue weighted by molar-refractivity contribution is 6.12. The minimum absolute atomic E-state index is 0.0211. The molecule has 1 amide bonds. The SMILES string of the molecule is C=CN=C(C)C(/C(=C\C)c1ccccc1F)=C(\C)N1CCN(C(=O)C(C)C)CC1(C)C. The highest BCUT2D eigenvalue weighted by atomic mass is 19.1. The van der Waals surface area contributed by atoms with Gasteiger partial charge in [0.15, 0.2) is 0 Å². The Bertz CT molecular complexity index is 924. The fraction of sp³-hybridized carbons (Fsp3) is 0.462. The van der Waals surface area contributed by atoms with Crippen LogP contribution in [-0.4, -0.2) is 46.6 Å². The van der Waals surface area contributed by atoms with Crippen LogP contribution >= 0.6 is 0 Å². The van der Waals surface area contributed by atoms with Crippen molar-refractivity contribution >= 4 is 17.2 Å². The first-order valence-electron chi connectivity index (χ1n) is 10.9. The van der Waals surface area contributed by atoms with Gasteiger partial charge in [0.2, 0.25) is 5.91 Å². The molecular weight excluding hydrogens is 389 g/mol. The van der Waals surface area contributed by atoms with Crippen molar-refractivity contribution in [1.82, 2.24) is 9.80 Å². The van der Waals surface area contributed by atoms with Crippen molar-refractivity contribution in [2.24, 2.45) is 10.9 Å². The number of piperazine rings is 1. The number of rotatable bonds is 6. The third-order valence-corrected chi connectivity index (χ3v) is 5.84. The molecule has 0 bridgehead atoms. The summed E-state index contributed by atoms with van der Waals surface area (Å²) in [6.45, 7) is 19.8. The molecule has 2 rings (SSSR count). The summed E-state index contributed by atoms with van der Waals surface area (Å²) in [5, 5.41) is 0. The number of hydrogen-bond donors (Lipinski definition) is 0. The van der Waals surface area contributed by atoms with Gasteiger partial charge in [0.1, 0.15) is 5.82 Å². The number of carbonyl (C=O) groups excluding carboxylic acids is 1. The van der Waals surface area contributed by atoms with Gasteiger partial charge in [-0.25, -0.2) is 4.39 Å². The molecule has 0 N–H and O–H groups in total. The zero-order valence-corrected chi connectivity index (χ0v) is 20.0. The molecule has 1 saturated heterocycles. The largest absolute Gasteiger partial charge is 0.366 e. The molecule has 0 radical (unpaired) electrons. The van der Waals surface area contributed by atoms with Crippen LogP contribution in [0, 0.1) is 11.7 Å². The smallest absolute Gasteiger partial charge is 0.225 e. The Morgan fingerprint density at radius 2 is 1.87 bits per heavy atom. The van der Waals surface area contributed by atoms with Gasteiger partial charge in [-0.1, -0.05) is 44.7 Å². The van der Waals surface area contributed by atoms with Gasteiger partial charge in [0, 0.05) is 54.3 Å². The van der Waals surface area contributed by atoms with E-state index in [1.807, 2.05) is 44.7 Å². The monoisotopic (exact) mass is 425 g/mol. The van der Waals surface area contributed by atoms with E-state index in [9.17, 15) is 9.18 Å². The Morgan fingerprint density at radius 3 is 2.39 bits per heavy atom. The highest BCUT2D eigenvalue weighted by Gasteiger charge is 2.37. The van der Waals surface area contributed by atoms with Crippen molar-refractivity contribution in [1.29, 1.82) is 0 Å². The molecule has 0 aromatic heterocycles. The molecule has 4 nitrogen and oxygen atoms in total. The molecular formula is C26H36FN3O. The number of aliphatic imine (C=N–C) groups is 1. The van der Waals surface area contributed by atoms with Gasteiger partial charge >= 0.3 is 0 Å². The lowest BCUT2D eigenvalue weighted by atomic mass is 9.89. The molecule has 0 saturated carbocycles. The lowest BCUT2D eigenvalue weighted by Gasteiger charge is -2.50. The topological polar surface area (TPSA) is 35.9 Å². The number of hydrogen-bond acceptors (Lipinski definition) is 3. The molecule has 1 fully saturated rings. The summed E-state index contributed by atoms with van der Waals surface area (Å²) >= 11 is 0. The predicted molar refractivity (Wildman–Crippen MR) is 128 cm³/mol. The predicted octanol–water partition coefficient (Wildman–Crippen LogP) is 5.69. The van der Waals surface area contributed by atoms with Gasteiger partial charge in [0.25, 0.3) is 0 Å². The van der Waals surface area contributed by atoms with Gasteiger partial charge in [-0.05, 0) is 46.3 Å². The number of benzene rings is 1. The fourth-order valence-electron chi connectivity index (χ4n) is 4.43. The number of amides is 1. The Balaban J connectivity index is 2.59. The van der Waals surface area contributed by atoms with Crippen LogP contribution in [0.4, 0.5) is 4.39 Å². The van der Waals surface area contributed by atoms with E-state index in [2.05, 4.69) is 37.2 Å². The van der Waals surface area contributed by atoms with Crippen LogP contribution in [0.15, 0.2) is 59.4 Å². The average Bonchev–Trinajstić information content (AvgIpc) is 2.70. The van der Waals surface area contributed by atoms with E-state index in [1.54, 1.807) is 12.1 Å². The van der Waals surface area contributed by atoms with Crippen LogP contribution in [-0.2, 0) is 4.79 Å². The van der Waals surface area contributed by atoms with Crippen LogP contribution in [0.2, 0.25) is 0 Å².